The maximum Gasteiger partial charge on any atom is 0.337 e. The van der Waals surface area contributed by atoms with Crippen LogP contribution in [-0.4, -0.2) is 29.6 Å². The van der Waals surface area contributed by atoms with Gasteiger partial charge in [0.15, 0.2) is 6.61 Å². The van der Waals surface area contributed by atoms with Gasteiger partial charge in [0, 0.05) is 12.3 Å². The number of ether oxygens (including phenoxy) is 2. The fraction of sp³-hybridized carbons (Fsp3) is 0.0952. The largest absolute Gasteiger partial charge is 0.483 e. The van der Waals surface area contributed by atoms with Crippen LogP contribution in [0, 0.1) is 0 Å². The van der Waals surface area contributed by atoms with E-state index in [4.69, 9.17) is 9.47 Å². The van der Waals surface area contributed by atoms with Crippen molar-refractivity contribution in [1.82, 2.24) is 0 Å². The molecule has 7 heteroatoms. The maximum atomic E-state index is 12.2. The molecule has 3 aromatic rings. The summed E-state index contributed by atoms with van der Waals surface area (Å²) in [5.74, 6) is -1.72. The molecule has 0 fully saturated rings. The van der Waals surface area contributed by atoms with Gasteiger partial charge in [-0.15, -0.1) is 0 Å². The molecule has 0 saturated carbocycles. The van der Waals surface area contributed by atoms with Crippen molar-refractivity contribution in [2.45, 2.75) is 6.92 Å². The number of esters is 1. The lowest BCUT2D eigenvalue weighted by atomic mass is 10.1. The van der Waals surface area contributed by atoms with E-state index < -0.39 is 17.8 Å². The lowest BCUT2D eigenvalue weighted by Gasteiger charge is -2.12. The quantitative estimate of drug-likeness (QED) is 0.502. The summed E-state index contributed by atoms with van der Waals surface area (Å²) in [6, 6.07) is 17.1. The van der Waals surface area contributed by atoms with Crippen molar-refractivity contribution in [1.29, 1.82) is 0 Å². The highest BCUT2D eigenvalue weighted by Crippen LogP contribution is 2.26. The van der Waals surface area contributed by atoms with Gasteiger partial charge in [-0.3, -0.25) is 9.59 Å². The Balaban J connectivity index is 1.72. The van der Waals surface area contributed by atoms with Gasteiger partial charge in [-0.1, -0.05) is 36.4 Å². The van der Waals surface area contributed by atoms with E-state index in [2.05, 4.69) is 5.32 Å². The number of fused-ring (bicyclic) bond motifs is 1. The number of carboxylic acid groups (broad SMARTS) is 1. The predicted molar refractivity (Wildman–Crippen MR) is 103 cm³/mol. The molecule has 0 spiro atoms. The Kier molecular flexibility index (Phi) is 5.55. The lowest BCUT2D eigenvalue weighted by Crippen LogP contribution is -2.21. The average molecular weight is 379 g/mol. The molecule has 3 rings (SSSR count). The van der Waals surface area contributed by atoms with Gasteiger partial charge in [-0.05, 0) is 29.7 Å². The normalized spacial score (nSPS) is 10.3. The Labute approximate surface area is 160 Å². The summed E-state index contributed by atoms with van der Waals surface area (Å²) < 4.78 is 10.5. The number of nitrogens with one attached hydrogen (secondary N) is 1. The smallest absolute Gasteiger partial charge is 0.337 e. The van der Waals surface area contributed by atoms with Crippen molar-refractivity contribution >= 4 is 34.3 Å². The van der Waals surface area contributed by atoms with E-state index in [0.29, 0.717) is 5.75 Å². The van der Waals surface area contributed by atoms with Gasteiger partial charge in [0.2, 0.25) is 0 Å². The van der Waals surface area contributed by atoms with Gasteiger partial charge in [-0.25, -0.2) is 4.79 Å². The zero-order valence-electron chi connectivity index (χ0n) is 15.0. The Morgan fingerprint density at radius 2 is 1.75 bits per heavy atom. The molecule has 0 atom stereocenters. The van der Waals surface area contributed by atoms with E-state index in [1.165, 1.54) is 25.1 Å². The zero-order chi connectivity index (χ0) is 20.1. The van der Waals surface area contributed by atoms with Crippen LogP contribution in [-0.2, 0) is 9.59 Å². The molecule has 1 amide bonds. The summed E-state index contributed by atoms with van der Waals surface area (Å²) in [6.45, 7) is 0.916. The molecular formula is C21H17NO6. The first-order valence-electron chi connectivity index (χ1n) is 8.40. The van der Waals surface area contributed by atoms with Crippen molar-refractivity contribution < 1.29 is 29.0 Å². The molecule has 0 aliphatic heterocycles. The first-order valence-corrected chi connectivity index (χ1v) is 8.40. The summed E-state index contributed by atoms with van der Waals surface area (Å²) in [6.07, 6.45) is 0. The van der Waals surface area contributed by atoms with Gasteiger partial charge < -0.3 is 19.9 Å². The van der Waals surface area contributed by atoms with Crippen LogP contribution in [0.2, 0.25) is 0 Å². The molecule has 3 aromatic carbocycles. The third kappa shape index (κ3) is 4.45. The number of benzene rings is 3. The minimum absolute atomic E-state index is 0.0786. The molecule has 0 aliphatic carbocycles. The molecule has 0 heterocycles. The minimum atomic E-state index is -1.26. The standard InChI is InChI=1S/C21H17NO6/c1-13(23)28-15-9-10-18(17(11-15)21(25)26)22-20(24)12-27-19-8-4-6-14-5-2-3-7-16(14)19/h2-11H,12H2,1H3,(H,22,24)(H,25,26). The number of carbonyl (C=O) groups excluding carboxylic acids is 2. The SMILES string of the molecule is CC(=O)Oc1ccc(NC(=O)COc2cccc3ccccc23)c(C(=O)O)c1. The van der Waals surface area contributed by atoms with Crippen LogP contribution in [0.3, 0.4) is 0 Å². The number of anilines is 1. The lowest BCUT2D eigenvalue weighted by molar-refractivity contribution is -0.131. The Morgan fingerprint density at radius 1 is 1.00 bits per heavy atom. The average Bonchev–Trinajstić information content (AvgIpc) is 2.67. The van der Waals surface area contributed by atoms with Crippen LogP contribution in [0.25, 0.3) is 10.8 Å². The second-order valence-electron chi connectivity index (χ2n) is 5.92. The Morgan fingerprint density at radius 3 is 2.50 bits per heavy atom. The second-order valence-corrected chi connectivity index (χ2v) is 5.92. The molecule has 0 bridgehead atoms. The number of rotatable bonds is 6. The van der Waals surface area contributed by atoms with Crippen molar-refractivity contribution in [2.75, 3.05) is 11.9 Å². The maximum absolute atomic E-state index is 12.2. The summed E-state index contributed by atoms with van der Waals surface area (Å²) in [5.41, 5.74) is -0.118. The fourth-order valence-electron chi connectivity index (χ4n) is 2.69. The number of carboxylic acids is 1. The minimum Gasteiger partial charge on any atom is -0.483 e. The first-order chi connectivity index (χ1) is 13.4. The van der Waals surface area contributed by atoms with Gasteiger partial charge in [0.1, 0.15) is 11.5 Å². The highest BCUT2D eigenvalue weighted by atomic mass is 16.5. The van der Waals surface area contributed by atoms with Gasteiger partial charge in [-0.2, -0.15) is 0 Å². The number of carbonyl (C=O) groups is 3. The van der Waals surface area contributed by atoms with E-state index in [0.717, 1.165) is 10.8 Å². The van der Waals surface area contributed by atoms with Crippen molar-refractivity contribution in [3.63, 3.8) is 0 Å². The van der Waals surface area contributed by atoms with Crippen molar-refractivity contribution in [3.8, 4) is 11.5 Å². The molecule has 0 unspecified atom stereocenters. The van der Waals surface area contributed by atoms with Crippen molar-refractivity contribution in [3.05, 3.63) is 66.2 Å². The summed E-state index contributed by atoms with van der Waals surface area (Å²) in [4.78, 5) is 34.7. The Hall–Kier alpha value is -3.87. The zero-order valence-corrected chi connectivity index (χ0v) is 15.0. The Bertz CT molecular complexity index is 1050. The van der Waals surface area contributed by atoms with Crippen LogP contribution in [0.4, 0.5) is 5.69 Å². The van der Waals surface area contributed by atoms with E-state index in [9.17, 15) is 19.5 Å². The van der Waals surface area contributed by atoms with E-state index in [1.807, 2.05) is 36.4 Å². The summed E-state index contributed by atoms with van der Waals surface area (Å²) in [7, 11) is 0. The third-order valence-electron chi connectivity index (χ3n) is 3.87. The molecule has 0 radical (unpaired) electrons. The van der Waals surface area contributed by atoms with E-state index in [1.54, 1.807) is 6.07 Å². The van der Waals surface area contributed by atoms with Crippen LogP contribution in [0.15, 0.2) is 60.7 Å². The third-order valence-corrected chi connectivity index (χ3v) is 3.87. The van der Waals surface area contributed by atoms with Gasteiger partial charge in [0.05, 0.1) is 11.3 Å². The van der Waals surface area contributed by atoms with Crippen LogP contribution in [0.5, 0.6) is 11.5 Å². The number of aromatic carboxylic acids is 1. The van der Waals surface area contributed by atoms with Crippen LogP contribution < -0.4 is 14.8 Å². The second kappa shape index (κ2) is 8.22. The number of amides is 1. The molecule has 28 heavy (non-hydrogen) atoms. The van der Waals surface area contributed by atoms with E-state index in [-0.39, 0.29) is 23.6 Å². The monoisotopic (exact) mass is 379 g/mol. The van der Waals surface area contributed by atoms with Gasteiger partial charge in [0.25, 0.3) is 5.91 Å². The van der Waals surface area contributed by atoms with Gasteiger partial charge >= 0.3 is 11.9 Å². The van der Waals surface area contributed by atoms with Crippen LogP contribution >= 0.6 is 0 Å². The highest BCUT2D eigenvalue weighted by Gasteiger charge is 2.15. The van der Waals surface area contributed by atoms with E-state index >= 15 is 0 Å². The number of hydrogen-bond donors (Lipinski definition) is 2. The molecule has 0 aliphatic rings. The first kappa shape index (κ1) is 18.9. The predicted octanol–water partition coefficient (Wildman–Crippen LogP) is 3.48. The molecule has 0 saturated heterocycles. The molecular weight excluding hydrogens is 362 g/mol. The topological polar surface area (TPSA) is 102 Å². The number of hydrogen-bond acceptors (Lipinski definition) is 5. The van der Waals surface area contributed by atoms with Crippen LogP contribution in [0.1, 0.15) is 17.3 Å². The fourth-order valence-corrected chi connectivity index (χ4v) is 2.69. The molecule has 142 valence electrons. The summed E-state index contributed by atoms with van der Waals surface area (Å²) in [5, 5.41) is 13.7. The van der Waals surface area contributed by atoms with Crippen molar-refractivity contribution in [2.24, 2.45) is 0 Å². The summed E-state index contributed by atoms with van der Waals surface area (Å²) >= 11 is 0. The highest BCUT2D eigenvalue weighted by molar-refractivity contribution is 6.01. The molecule has 7 nitrogen and oxygen atoms in total. The molecule has 0 aromatic heterocycles. The molecule has 2 N–H and O–H groups in total.